The summed E-state index contributed by atoms with van der Waals surface area (Å²) in [4.78, 5) is 0. The maximum atomic E-state index is 7.15. The number of hydrogen-bond acceptors (Lipinski definition) is 2. The van der Waals surface area contributed by atoms with Gasteiger partial charge in [-0.05, 0) is 6.42 Å². The molecule has 0 aliphatic rings. The first kappa shape index (κ1) is 18.4. The Morgan fingerprint density at radius 2 is 1.92 bits per heavy atom. The van der Waals surface area contributed by atoms with Gasteiger partial charge in [-0.2, -0.15) is 0 Å². The molecule has 0 rings (SSSR count). The van der Waals surface area contributed by atoms with Crippen molar-refractivity contribution in [1.29, 1.82) is 10.8 Å². The van der Waals surface area contributed by atoms with E-state index in [0.717, 1.165) is 19.4 Å². The van der Waals surface area contributed by atoms with Crippen LogP contribution in [0.2, 0.25) is 0 Å². The molecule has 0 radical (unpaired) electrons. The van der Waals surface area contributed by atoms with E-state index in [-0.39, 0.29) is 43.8 Å². The molecular formula is C6H16ClN5Ru. The average molecular weight is 295 g/mol. The van der Waals surface area contributed by atoms with E-state index in [2.05, 4.69) is 17.6 Å². The first-order valence-corrected chi connectivity index (χ1v) is 3.60. The Balaban J connectivity index is -0.000000500. The maximum Gasteiger partial charge on any atom is 0.195 e. The van der Waals surface area contributed by atoms with E-state index in [0.29, 0.717) is 0 Å². The minimum atomic E-state index is -0.209. The molecule has 0 saturated heterocycles. The van der Waals surface area contributed by atoms with E-state index in [4.69, 9.17) is 16.6 Å². The van der Waals surface area contributed by atoms with Crippen molar-refractivity contribution in [3.05, 3.63) is 0 Å². The van der Waals surface area contributed by atoms with Gasteiger partial charge in [0.15, 0.2) is 11.9 Å². The third-order valence-corrected chi connectivity index (χ3v) is 1.09. The summed E-state index contributed by atoms with van der Waals surface area (Å²) in [7, 11) is 0. The Labute approximate surface area is 97.4 Å². The van der Waals surface area contributed by atoms with Crippen molar-refractivity contribution in [2.24, 2.45) is 5.73 Å². The van der Waals surface area contributed by atoms with Crippen molar-refractivity contribution in [2.45, 2.75) is 19.8 Å². The Hall–Kier alpha value is -0.347. The Bertz CT molecular complexity index is 152. The largest absolute Gasteiger partial charge is 0.370 e. The van der Waals surface area contributed by atoms with Crippen LogP contribution in [0.4, 0.5) is 0 Å². The third-order valence-electron chi connectivity index (χ3n) is 1.09. The molecule has 7 heteroatoms. The molecule has 0 aliphatic carbocycles. The minimum absolute atomic E-state index is 0. The summed E-state index contributed by atoms with van der Waals surface area (Å²) < 4.78 is 0. The fourth-order valence-corrected chi connectivity index (χ4v) is 0.569. The monoisotopic (exact) mass is 295 g/mol. The molecule has 13 heavy (non-hydrogen) atoms. The molecule has 0 aliphatic heterocycles. The van der Waals surface area contributed by atoms with Crippen molar-refractivity contribution in [3.8, 4) is 0 Å². The summed E-state index contributed by atoms with van der Waals surface area (Å²) in [5.74, 6) is -0.120. The molecular weight excluding hydrogens is 279 g/mol. The van der Waals surface area contributed by atoms with Gasteiger partial charge in [0.05, 0.1) is 0 Å². The zero-order valence-corrected chi connectivity index (χ0v) is 10.0. The van der Waals surface area contributed by atoms with E-state index in [1.807, 2.05) is 0 Å². The first-order valence-electron chi connectivity index (χ1n) is 3.60. The van der Waals surface area contributed by atoms with Crippen LogP contribution in [0.5, 0.6) is 0 Å². The van der Waals surface area contributed by atoms with E-state index < -0.39 is 0 Å². The number of guanidine groups is 2. The molecule has 0 atom stereocenters. The van der Waals surface area contributed by atoms with Crippen molar-refractivity contribution in [2.75, 3.05) is 6.54 Å². The van der Waals surface area contributed by atoms with E-state index in [1.165, 1.54) is 0 Å². The van der Waals surface area contributed by atoms with Crippen molar-refractivity contribution in [3.63, 3.8) is 0 Å². The topological polar surface area (TPSA) is 97.8 Å². The summed E-state index contributed by atoms with van der Waals surface area (Å²) >= 11 is 0. The van der Waals surface area contributed by atoms with Gasteiger partial charge in [-0.3, -0.25) is 16.1 Å². The van der Waals surface area contributed by atoms with Crippen LogP contribution in [-0.4, -0.2) is 18.5 Å². The second-order valence-electron chi connectivity index (χ2n) is 2.19. The molecule has 0 aromatic carbocycles. The van der Waals surface area contributed by atoms with Crippen LogP contribution in [0.15, 0.2) is 0 Å². The van der Waals surface area contributed by atoms with Crippen LogP contribution in [-0.2, 0) is 19.5 Å². The quantitative estimate of drug-likeness (QED) is 0.223. The molecule has 5 nitrogen and oxygen atoms in total. The van der Waals surface area contributed by atoms with Gasteiger partial charge in [0, 0.05) is 26.0 Å². The third kappa shape index (κ3) is 14.5. The summed E-state index contributed by atoms with van der Waals surface area (Å²) in [5, 5.41) is 19.0. The predicted octanol–water partition coefficient (Wildman–Crippen LogP) is 0.213. The minimum Gasteiger partial charge on any atom is -0.370 e. The number of hydrogen-bond donors (Lipinski definition) is 5. The fraction of sp³-hybridized carbons (Fsp3) is 0.667. The SMILES string of the molecule is CCCCNC(=N)NC(=N)N.Cl.[Ru]. The fourth-order valence-electron chi connectivity index (χ4n) is 0.569. The Morgan fingerprint density at radius 1 is 1.38 bits per heavy atom. The van der Waals surface area contributed by atoms with Gasteiger partial charge < -0.3 is 11.1 Å². The molecule has 0 spiro atoms. The van der Waals surface area contributed by atoms with Crippen molar-refractivity contribution < 1.29 is 19.5 Å². The van der Waals surface area contributed by atoms with Gasteiger partial charge in [0.25, 0.3) is 0 Å². The molecule has 0 fully saturated rings. The molecule has 0 aromatic rings. The van der Waals surface area contributed by atoms with Crippen molar-refractivity contribution >= 4 is 24.3 Å². The van der Waals surface area contributed by atoms with Crippen LogP contribution in [0.1, 0.15) is 19.8 Å². The zero-order chi connectivity index (χ0) is 8.69. The smallest absolute Gasteiger partial charge is 0.195 e. The van der Waals surface area contributed by atoms with Crippen molar-refractivity contribution in [1.82, 2.24) is 10.6 Å². The molecule has 0 bridgehead atoms. The van der Waals surface area contributed by atoms with Crippen LogP contribution < -0.4 is 16.4 Å². The second-order valence-corrected chi connectivity index (χ2v) is 2.19. The van der Waals surface area contributed by atoms with Crippen LogP contribution >= 0.6 is 12.4 Å². The molecule has 0 amide bonds. The number of unbranched alkanes of at least 4 members (excludes halogenated alkanes) is 1. The summed E-state index contributed by atoms with van der Waals surface area (Å²) in [5.41, 5.74) is 4.99. The molecule has 80 valence electrons. The number of halogens is 1. The molecule has 0 aromatic heterocycles. The Kier molecular flexibility index (Phi) is 16.5. The van der Waals surface area contributed by atoms with Gasteiger partial charge in [-0.1, -0.05) is 13.3 Å². The molecule has 0 heterocycles. The summed E-state index contributed by atoms with van der Waals surface area (Å²) in [6, 6.07) is 0. The van der Waals surface area contributed by atoms with Gasteiger partial charge in [-0.25, -0.2) is 0 Å². The van der Waals surface area contributed by atoms with Gasteiger partial charge in [0.1, 0.15) is 0 Å². The predicted molar refractivity (Wildman–Crippen MR) is 52.9 cm³/mol. The number of rotatable bonds is 3. The average Bonchev–Trinajstić information content (AvgIpc) is 1.86. The van der Waals surface area contributed by atoms with E-state index in [1.54, 1.807) is 0 Å². The first-order chi connectivity index (χ1) is 5.16. The van der Waals surface area contributed by atoms with E-state index >= 15 is 0 Å². The molecule has 0 saturated carbocycles. The normalized spacial score (nSPS) is 7.46. The molecule has 6 N–H and O–H groups in total. The standard InChI is InChI=1S/C6H15N5.ClH.Ru/c1-2-3-4-10-6(9)11-5(7)8;;/h2-4H2,1H3,(H6,7,8,9,10,11);1H;. The van der Waals surface area contributed by atoms with Crippen LogP contribution in [0.25, 0.3) is 0 Å². The number of nitrogens with one attached hydrogen (secondary N) is 4. The number of nitrogens with two attached hydrogens (primary N) is 1. The van der Waals surface area contributed by atoms with E-state index in [9.17, 15) is 0 Å². The van der Waals surface area contributed by atoms with Gasteiger partial charge >= 0.3 is 0 Å². The van der Waals surface area contributed by atoms with Crippen LogP contribution in [0, 0.1) is 10.8 Å². The molecule has 0 unspecified atom stereocenters. The van der Waals surface area contributed by atoms with Crippen LogP contribution in [0.3, 0.4) is 0 Å². The second kappa shape index (κ2) is 11.7. The van der Waals surface area contributed by atoms with Gasteiger partial charge in [0.2, 0.25) is 0 Å². The zero-order valence-electron chi connectivity index (χ0n) is 7.46. The summed E-state index contributed by atoms with van der Waals surface area (Å²) in [6.07, 6.45) is 2.10. The Morgan fingerprint density at radius 3 is 2.31 bits per heavy atom. The summed E-state index contributed by atoms with van der Waals surface area (Å²) in [6.45, 7) is 2.82. The maximum absolute atomic E-state index is 7.15. The van der Waals surface area contributed by atoms with Gasteiger partial charge in [-0.15, -0.1) is 12.4 Å².